The van der Waals surface area contributed by atoms with Crippen LogP contribution in [0.15, 0.2) is 45.7 Å². The van der Waals surface area contributed by atoms with Crippen LogP contribution >= 0.6 is 24.0 Å². The molecule has 176 valence electrons. The summed E-state index contributed by atoms with van der Waals surface area (Å²) in [5.41, 5.74) is 0.716. The van der Waals surface area contributed by atoms with E-state index in [2.05, 4.69) is 25.3 Å². The van der Waals surface area contributed by atoms with Crippen molar-refractivity contribution < 1.29 is 22.8 Å². The Labute approximate surface area is 198 Å². The highest BCUT2D eigenvalue weighted by Gasteiger charge is 2.27. The molecule has 2 atom stereocenters. The van der Waals surface area contributed by atoms with E-state index < -0.39 is 29.4 Å². The largest absolute Gasteiger partial charge is 0.439 e. The summed E-state index contributed by atoms with van der Waals surface area (Å²) in [6, 6.07) is 8.19. The molecule has 0 spiro atoms. The van der Waals surface area contributed by atoms with Crippen LogP contribution in [0.25, 0.3) is 11.4 Å². The fraction of sp³-hybridized carbons (Fsp3) is 0.286. The van der Waals surface area contributed by atoms with Crippen LogP contribution in [0.2, 0.25) is 5.02 Å². The molecule has 1 fully saturated rings. The topological polar surface area (TPSA) is 109 Å². The van der Waals surface area contributed by atoms with Crippen LogP contribution in [0.4, 0.5) is 8.78 Å². The predicted octanol–water partition coefficient (Wildman–Crippen LogP) is 3.09. The van der Waals surface area contributed by atoms with Gasteiger partial charge in [-0.1, -0.05) is 22.8 Å². The van der Waals surface area contributed by atoms with Crippen LogP contribution < -0.4 is 16.4 Å². The number of hydrogen-bond acceptors (Lipinski definition) is 6. The normalized spacial score (nSPS) is 18.3. The van der Waals surface area contributed by atoms with Crippen LogP contribution in [0.5, 0.6) is 0 Å². The molecule has 2 aromatic carbocycles. The summed E-state index contributed by atoms with van der Waals surface area (Å²) in [7, 11) is 0. The molecular weight excluding hydrogens is 481 g/mol. The SMILES string of the molecule is Cl.O=C(NC[C@@H]1CNCCO[C@H]1c1ccc(Cl)c(F)c1)c1ccc(F)c(-c2noc(=O)[nH]2)c1. The predicted molar refractivity (Wildman–Crippen MR) is 119 cm³/mol. The van der Waals surface area contributed by atoms with Gasteiger partial charge in [0, 0.05) is 31.1 Å². The van der Waals surface area contributed by atoms with E-state index in [1.165, 1.54) is 24.3 Å². The molecular formula is C21H20Cl2F2N4O4. The first-order valence-electron chi connectivity index (χ1n) is 9.84. The number of carbonyl (C=O) groups is 1. The standard InChI is InChI=1S/C21H19ClF2N4O4.ClH/c22-15-3-1-11(8-17(15)24)18-13(9-25-5-6-31-18)10-26-20(29)12-2-4-16(23)14(7-12)19-27-21(30)32-28-19;/h1-4,7-8,13,18,25H,5-6,9-10H2,(H,26,29)(H,27,28,30);1H/t13-,18-;/m0./s1. The van der Waals surface area contributed by atoms with Crippen molar-refractivity contribution in [3.05, 3.63) is 74.7 Å². The van der Waals surface area contributed by atoms with Gasteiger partial charge in [0.25, 0.3) is 5.91 Å². The minimum Gasteiger partial charge on any atom is -0.372 e. The van der Waals surface area contributed by atoms with Crippen molar-refractivity contribution in [2.75, 3.05) is 26.2 Å². The second-order valence-corrected chi connectivity index (χ2v) is 7.68. The van der Waals surface area contributed by atoms with Gasteiger partial charge in [0.15, 0.2) is 5.82 Å². The van der Waals surface area contributed by atoms with Gasteiger partial charge >= 0.3 is 5.76 Å². The van der Waals surface area contributed by atoms with Crippen LogP contribution in [0, 0.1) is 17.6 Å². The highest BCUT2D eigenvalue weighted by atomic mass is 35.5. The van der Waals surface area contributed by atoms with Gasteiger partial charge in [-0.25, -0.2) is 13.6 Å². The summed E-state index contributed by atoms with van der Waals surface area (Å²) in [4.78, 5) is 26.1. The lowest BCUT2D eigenvalue weighted by Gasteiger charge is -2.25. The zero-order valence-corrected chi connectivity index (χ0v) is 18.6. The first kappa shape index (κ1) is 24.8. The van der Waals surface area contributed by atoms with E-state index in [9.17, 15) is 18.4 Å². The summed E-state index contributed by atoms with van der Waals surface area (Å²) in [6.45, 7) is 1.79. The molecule has 1 aliphatic heterocycles. The maximum Gasteiger partial charge on any atom is 0.439 e. The molecule has 0 saturated carbocycles. The number of carbonyl (C=O) groups excluding carboxylic acids is 1. The number of ether oxygens (including phenoxy) is 1. The highest BCUT2D eigenvalue weighted by molar-refractivity contribution is 6.30. The maximum absolute atomic E-state index is 14.1. The molecule has 0 unspecified atom stereocenters. The van der Waals surface area contributed by atoms with Gasteiger partial charge in [0.05, 0.1) is 23.3 Å². The number of halogens is 4. The van der Waals surface area contributed by atoms with Crippen molar-refractivity contribution >= 4 is 29.9 Å². The van der Waals surface area contributed by atoms with Crippen molar-refractivity contribution in [3.8, 4) is 11.4 Å². The molecule has 1 saturated heterocycles. The van der Waals surface area contributed by atoms with Gasteiger partial charge in [0.2, 0.25) is 0 Å². The van der Waals surface area contributed by atoms with E-state index in [0.717, 1.165) is 6.07 Å². The molecule has 2 heterocycles. The smallest absolute Gasteiger partial charge is 0.372 e. The van der Waals surface area contributed by atoms with Crippen molar-refractivity contribution in [1.82, 2.24) is 20.8 Å². The van der Waals surface area contributed by atoms with E-state index in [1.54, 1.807) is 6.07 Å². The number of rotatable bonds is 5. The average molecular weight is 501 g/mol. The summed E-state index contributed by atoms with van der Waals surface area (Å²) >= 11 is 5.79. The first-order chi connectivity index (χ1) is 15.4. The van der Waals surface area contributed by atoms with E-state index in [1.807, 2.05) is 0 Å². The molecule has 12 heteroatoms. The Bertz CT molecular complexity index is 1190. The third-order valence-electron chi connectivity index (χ3n) is 5.13. The quantitative estimate of drug-likeness (QED) is 0.496. The van der Waals surface area contributed by atoms with E-state index in [4.69, 9.17) is 16.3 Å². The third-order valence-corrected chi connectivity index (χ3v) is 5.44. The van der Waals surface area contributed by atoms with Gasteiger partial charge in [-0.2, -0.15) is 0 Å². The van der Waals surface area contributed by atoms with Crippen LogP contribution in [0.1, 0.15) is 22.0 Å². The Kier molecular flexibility index (Phi) is 8.20. The van der Waals surface area contributed by atoms with Crippen molar-refractivity contribution in [2.24, 2.45) is 5.92 Å². The second kappa shape index (κ2) is 10.9. The summed E-state index contributed by atoms with van der Waals surface area (Å²) in [5.74, 6) is -2.82. The van der Waals surface area contributed by atoms with Crippen molar-refractivity contribution in [1.29, 1.82) is 0 Å². The monoisotopic (exact) mass is 500 g/mol. The van der Waals surface area contributed by atoms with Gasteiger partial charge in [-0.05, 0) is 35.9 Å². The van der Waals surface area contributed by atoms with Gasteiger partial charge < -0.3 is 15.4 Å². The molecule has 0 bridgehead atoms. The first-order valence-corrected chi connectivity index (χ1v) is 10.2. The molecule has 3 aromatic rings. The summed E-state index contributed by atoms with van der Waals surface area (Å²) in [5, 5.41) is 9.51. The minimum absolute atomic E-state index is 0. The molecule has 0 aliphatic carbocycles. The zero-order valence-electron chi connectivity index (χ0n) is 17.1. The lowest BCUT2D eigenvalue weighted by Crippen LogP contribution is -2.36. The summed E-state index contributed by atoms with van der Waals surface area (Å²) in [6.07, 6.45) is -0.457. The maximum atomic E-state index is 14.1. The average Bonchev–Trinajstić information content (AvgIpc) is 3.07. The fourth-order valence-corrected chi connectivity index (χ4v) is 3.66. The lowest BCUT2D eigenvalue weighted by atomic mass is 9.95. The van der Waals surface area contributed by atoms with E-state index in [-0.39, 0.29) is 46.8 Å². The molecule has 1 aromatic heterocycles. The third kappa shape index (κ3) is 5.77. The molecule has 4 rings (SSSR count). The van der Waals surface area contributed by atoms with Crippen LogP contribution in [0.3, 0.4) is 0 Å². The van der Waals surface area contributed by atoms with E-state index in [0.29, 0.717) is 25.3 Å². The molecule has 1 aliphatic rings. The number of aromatic amines is 1. The van der Waals surface area contributed by atoms with Crippen LogP contribution in [-0.2, 0) is 4.74 Å². The zero-order chi connectivity index (χ0) is 22.7. The van der Waals surface area contributed by atoms with Gasteiger partial charge in [-0.3, -0.25) is 14.3 Å². The Balaban J connectivity index is 0.00000306. The Morgan fingerprint density at radius 3 is 2.76 bits per heavy atom. The number of hydrogen-bond donors (Lipinski definition) is 3. The lowest BCUT2D eigenvalue weighted by molar-refractivity contribution is 0.0304. The number of H-pyrrole nitrogens is 1. The highest BCUT2D eigenvalue weighted by Crippen LogP contribution is 2.29. The Hall–Kier alpha value is -2.79. The molecule has 0 radical (unpaired) electrons. The molecule has 33 heavy (non-hydrogen) atoms. The number of nitrogens with zero attached hydrogens (tertiary/aromatic N) is 1. The number of aromatic nitrogens is 2. The van der Waals surface area contributed by atoms with Crippen molar-refractivity contribution in [3.63, 3.8) is 0 Å². The minimum atomic E-state index is -0.834. The van der Waals surface area contributed by atoms with Gasteiger partial charge in [0.1, 0.15) is 11.6 Å². The van der Waals surface area contributed by atoms with E-state index >= 15 is 0 Å². The molecule has 3 N–H and O–H groups in total. The second-order valence-electron chi connectivity index (χ2n) is 7.28. The number of amides is 1. The number of benzene rings is 2. The fourth-order valence-electron chi connectivity index (χ4n) is 3.55. The number of nitrogens with one attached hydrogen (secondary N) is 3. The Morgan fingerprint density at radius 1 is 1.21 bits per heavy atom. The van der Waals surface area contributed by atoms with Crippen LogP contribution in [-0.4, -0.2) is 42.3 Å². The Morgan fingerprint density at radius 2 is 2.03 bits per heavy atom. The molecule has 1 amide bonds. The van der Waals surface area contributed by atoms with Gasteiger partial charge in [-0.15, -0.1) is 12.4 Å². The molecule has 8 nitrogen and oxygen atoms in total. The van der Waals surface area contributed by atoms with Crippen molar-refractivity contribution in [2.45, 2.75) is 6.10 Å². The summed E-state index contributed by atoms with van der Waals surface area (Å²) < 4.78 is 38.4.